The van der Waals surface area contributed by atoms with Crippen LogP contribution in [0.4, 0.5) is 11.6 Å². The number of aromatic nitrogens is 3. The number of fused-ring (bicyclic) bond motifs is 1. The summed E-state index contributed by atoms with van der Waals surface area (Å²) in [6, 6.07) is 13.9. The van der Waals surface area contributed by atoms with Gasteiger partial charge in [0.1, 0.15) is 5.69 Å². The largest absolute Gasteiger partial charge is 0.347 e. The van der Waals surface area contributed by atoms with Crippen molar-refractivity contribution in [2.75, 3.05) is 4.90 Å². The second-order valence-electron chi connectivity index (χ2n) is 6.33. The minimum Gasteiger partial charge on any atom is -0.347 e. The van der Waals surface area contributed by atoms with Gasteiger partial charge in [0.15, 0.2) is 0 Å². The van der Waals surface area contributed by atoms with Gasteiger partial charge in [-0.15, -0.1) is 0 Å². The molecule has 3 aromatic rings. The molecule has 2 aromatic heterocycles. The average Bonchev–Trinajstić information content (AvgIpc) is 3.02. The average molecular weight is 345 g/mol. The second kappa shape index (κ2) is 6.92. The Labute approximate surface area is 151 Å². The number of rotatable bonds is 4. The van der Waals surface area contributed by atoms with Crippen LogP contribution >= 0.6 is 0 Å². The van der Waals surface area contributed by atoms with Crippen molar-refractivity contribution in [3.05, 3.63) is 77.9 Å². The topological polar surface area (TPSA) is 71.0 Å². The fraction of sp³-hybridized carbons (Fsp3) is 0.200. The number of carbonyl (C=O) groups is 1. The summed E-state index contributed by atoms with van der Waals surface area (Å²) < 4.78 is 0. The first-order valence-electron chi connectivity index (χ1n) is 8.59. The first kappa shape index (κ1) is 16.2. The molecular formula is C20H19N5O. The van der Waals surface area contributed by atoms with E-state index in [4.69, 9.17) is 0 Å². The zero-order valence-corrected chi connectivity index (χ0v) is 14.5. The van der Waals surface area contributed by atoms with Gasteiger partial charge in [0.05, 0.1) is 0 Å². The molecular weight excluding hydrogens is 326 g/mol. The van der Waals surface area contributed by atoms with E-state index >= 15 is 0 Å². The molecule has 1 aliphatic heterocycles. The van der Waals surface area contributed by atoms with E-state index in [0.29, 0.717) is 18.2 Å². The van der Waals surface area contributed by atoms with Crippen LogP contribution in [0.1, 0.15) is 28.5 Å². The maximum absolute atomic E-state index is 12.5. The van der Waals surface area contributed by atoms with Gasteiger partial charge in [0, 0.05) is 36.9 Å². The van der Waals surface area contributed by atoms with E-state index in [9.17, 15) is 4.79 Å². The van der Waals surface area contributed by atoms with Gasteiger partial charge in [-0.25, -0.2) is 9.97 Å². The van der Waals surface area contributed by atoms with Crippen LogP contribution in [-0.4, -0.2) is 26.9 Å². The van der Waals surface area contributed by atoms with Crippen molar-refractivity contribution in [2.45, 2.75) is 25.9 Å². The molecule has 1 N–H and O–H groups in total. The molecule has 0 spiro atoms. The minimum absolute atomic E-state index is 0.217. The van der Waals surface area contributed by atoms with E-state index in [1.165, 1.54) is 5.56 Å². The lowest BCUT2D eigenvalue weighted by Crippen LogP contribution is -2.28. The summed E-state index contributed by atoms with van der Waals surface area (Å²) in [4.78, 5) is 27.4. The third-order valence-corrected chi connectivity index (χ3v) is 4.50. The van der Waals surface area contributed by atoms with E-state index < -0.39 is 0 Å². The van der Waals surface area contributed by atoms with Crippen molar-refractivity contribution in [3.63, 3.8) is 0 Å². The summed E-state index contributed by atoms with van der Waals surface area (Å²) in [5.74, 6) is 0.338. The van der Waals surface area contributed by atoms with Crippen molar-refractivity contribution in [1.29, 1.82) is 0 Å². The Hall–Kier alpha value is -3.28. The summed E-state index contributed by atoms with van der Waals surface area (Å²) in [6.45, 7) is 2.57. The molecule has 0 aliphatic carbocycles. The predicted octanol–water partition coefficient (Wildman–Crippen LogP) is 2.88. The number of carbonyl (C=O) groups excluding carboxylic acids is 1. The Morgan fingerprint density at radius 3 is 2.81 bits per heavy atom. The fourth-order valence-corrected chi connectivity index (χ4v) is 3.23. The molecule has 1 amide bonds. The zero-order valence-electron chi connectivity index (χ0n) is 14.5. The molecule has 0 saturated carbocycles. The third kappa shape index (κ3) is 3.13. The lowest BCUT2D eigenvalue weighted by Gasteiger charge is -2.22. The highest BCUT2D eigenvalue weighted by Gasteiger charge is 2.29. The first-order valence-corrected chi connectivity index (χ1v) is 8.59. The molecule has 1 aromatic carbocycles. The van der Waals surface area contributed by atoms with Gasteiger partial charge in [-0.2, -0.15) is 0 Å². The van der Waals surface area contributed by atoms with Gasteiger partial charge in [-0.3, -0.25) is 9.78 Å². The Morgan fingerprint density at radius 2 is 1.96 bits per heavy atom. The lowest BCUT2D eigenvalue weighted by atomic mass is 10.1. The van der Waals surface area contributed by atoms with E-state index in [1.54, 1.807) is 24.7 Å². The van der Waals surface area contributed by atoms with E-state index in [1.807, 2.05) is 24.3 Å². The van der Waals surface area contributed by atoms with Crippen LogP contribution in [0.2, 0.25) is 0 Å². The molecule has 0 fully saturated rings. The van der Waals surface area contributed by atoms with E-state index in [2.05, 4.69) is 44.2 Å². The highest BCUT2D eigenvalue weighted by atomic mass is 16.1. The van der Waals surface area contributed by atoms with Gasteiger partial charge in [0.2, 0.25) is 5.95 Å². The smallest absolute Gasteiger partial charge is 0.270 e. The molecule has 1 aliphatic rings. The maximum Gasteiger partial charge on any atom is 0.270 e. The van der Waals surface area contributed by atoms with Gasteiger partial charge in [0.25, 0.3) is 5.91 Å². The number of benzene rings is 1. The lowest BCUT2D eigenvalue weighted by molar-refractivity contribution is 0.0946. The second-order valence-corrected chi connectivity index (χ2v) is 6.33. The van der Waals surface area contributed by atoms with Gasteiger partial charge in [-0.1, -0.05) is 18.2 Å². The van der Waals surface area contributed by atoms with Crippen molar-refractivity contribution < 1.29 is 4.79 Å². The molecule has 0 radical (unpaired) electrons. The molecule has 6 heteroatoms. The molecule has 6 nitrogen and oxygen atoms in total. The van der Waals surface area contributed by atoms with E-state index in [-0.39, 0.29) is 11.9 Å². The molecule has 26 heavy (non-hydrogen) atoms. The van der Waals surface area contributed by atoms with Crippen LogP contribution < -0.4 is 10.2 Å². The number of amides is 1. The van der Waals surface area contributed by atoms with E-state index in [0.717, 1.165) is 17.7 Å². The van der Waals surface area contributed by atoms with Crippen molar-refractivity contribution in [1.82, 2.24) is 20.3 Å². The Kier molecular flexibility index (Phi) is 4.31. The number of hydrogen-bond acceptors (Lipinski definition) is 5. The third-order valence-electron chi connectivity index (χ3n) is 4.50. The monoisotopic (exact) mass is 345 g/mol. The SMILES string of the molecule is CC1Cc2ccccc2N1c1nccc(C(=O)NCc2ccncc2)n1. The summed E-state index contributed by atoms with van der Waals surface area (Å²) in [5, 5.41) is 2.89. The van der Waals surface area contributed by atoms with Crippen molar-refractivity contribution in [3.8, 4) is 0 Å². The molecule has 0 bridgehead atoms. The van der Waals surface area contributed by atoms with Gasteiger partial charge < -0.3 is 10.2 Å². The van der Waals surface area contributed by atoms with Gasteiger partial charge >= 0.3 is 0 Å². The van der Waals surface area contributed by atoms with Crippen LogP contribution in [-0.2, 0) is 13.0 Å². The summed E-state index contributed by atoms with van der Waals surface area (Å²) in [5.41, 5.74) is 3.73. The van der Waals surface area contributed by atoms with Crippen LogP contribution in [0.5, 0.6) is 0 Å². The maximum atomic E-state index is 12.5. The van der Waals surface area contributed by atoms with Crippen LogP contribution in [0.3, 0.4) is 0 Å². The quantitative estimate of drug-likeness (QED) is 0.787. The van der Waals surface area contributed by atoms with Crippen molar-refractivity contribution in [2.24, 2.45) is 0 Å². The molecule has 1 atom stereocenters. The highest BCUT2D eigenvalue weighted by molar-refractivity contribution is 5.92. The van der Waals surface area contributed by atoms with Gasteiger partial charge in [-0.05, 0) is 48.7 Å². The number of anilines is 2. The molecule has 130 valence electrons. The molecule has 1 unspecified atom stereocenters. The number of nitrogens with one attached hydrogen (secondary N) is 1. The van der Waals surface area contributed by atoms with Crippen molar-refractivity contribution >= 4 is 17.5 Å². The highest BCUT2D eigenvalue weighted by Crippen LogP contribution is 2.36. The van der Waals surface area contributed by atoms with Crippen LogP contribution in [0.15, 0.2) is 61.1 Å². The minimum atomic E-state index is -0.217. The molecule has 3 heterocycles. The normalized spacial score (nSPS) is 15.6. The number of pyridine rings is 1. The summed E-state index contributed by atoms with van der Waals surface area (Å²) in [7, 11) is 0. The summed E-state index contributed by atoms with van der Waals surface area (Å²) >= 11 is 0. The zero-order chi connectivity index (χ0) is 17.9. The van der Waals surface area contributed by atoms with Crippen LogP contribution in [0.25, 0.3) is 0 Å². The predicted molar refractivity (Wildman–Crippen MR) is 99.2 cm³/mol. The molecule has 4 rings (SSSR count). The Balaban J connectivity index is 1.54. The van der Waals surface area contributed by atoms with Crippen LogP contribution in [0, 0.1) is 0 Å². The molecule has 0 saturated heterocycles. The Bertz CT molecular complexity index is 928. The standard InChI is InChI=1S/C20H19N5O/c1-14-12-16-4-2-3-5-18(16)25(14)20-22-11-8-17(24-20)19(26)23-13-15-6-9-21-10-7-15/h2-11,14H,12-13H2,1H3,(H,23,26). The number of para-hydroxylation sites is 1. The fourth-order valence-electron chi connectivity index (χ4n) is 3.23. The summed E-state index contributed by atoms with van der Waals surface area (Å²) in [6.07, 6.45) is 5.99. The number of nitrogens with zero attached hydrogens (tertiary/aromatic N) is 4. The first-order chi connectivity index (χ1) is 12.7. The number of hydrogen-bond donors (Lipinski definition) is 1. The Morgan fingerprint density at radius 1 is 1.15 bits per heavy atom.